The molecule has 1 aromatic rings. The van der Waals surface area contributed by atoms with Crippen LogP contribution in [0.1, 0.15) is 20.8 Å². The molecule has 3 rings (SSSR count). The van der Waals surface area contributed by atoms with Gasteiger partial charge in [0.05, 0.1) is 17.8 Å². The minimum Gasteiger partial charge on any atom is -0.444 e. The van der Waals surface area contributed by atoms with Crippen LogP contribution in [0.15, 0.2) is 29.2 Å². The molecule has 1 aromatic carbocycles. The summed E-state index contributed by atoms with van der Waals surface area (Å²) in [5.41, 5.74) is 0.248. The quantitative estimate of drug-likeness (QED) is 0.587. The van der Waals surface area contributed by atoms with Crippen molar-refractivity contribution in [2.75, 3.05) is 43.9 Å². The Morgan fingerprint density at radius 2 is 1.60 bits per heavy atom. The summed E-state index contributed by atoms with van der Waals surface area (Å²) < 4.78 is 57.7. The van der Waals surface area contributed by atoms with E-state index in [0.717, 1.165) is 11.9 Å². The van der Waals surface area contributed by atoms with Crippen LogP contribution in [0.2, 0.25) is 0 Å². The molecule has 0 aromatic heterocycles. The molecular formula is C19H28N2O7S2. The molecular weight excluding hydrogens is 432 g/mol. The molecule has 2 aliphatic heterocycles. The van der Waals surface area contributed by atoms with Crippen LogP contribution in [0.3, 0.4) is 0 Å². The zero-order valence-corrected chi connectivity index (χ0v) is 19.2. The lowest BCUT2D eigenvalue weighted by molar-refractivity contribution is 0.0139. The highest BCUT2D eigenvalue weighted by molar-refractivity contribution is 7.92. The number of benzene rings is 1. The fourth-order valence-corrected chi connectivity index (χ4v) is 5.35. The summed E-state index contributed by atoms with van der Waals surface area (Å²) in [6.45, 7) is 6.97. The average molecular weight is 461 g/mol. The van der Waals surface area contributed by atoms with E-state index in [0.29, 0.717) is 13.1 Å². The Kier molecular flexibility index (Phi) is 6.09. The predicted molar refractivity (Wildman–Crippen MR) is 112 cm³/mol. The number of likely N-dealkylation sites (tertiary alicyclic amines) is 1. The first-order chi connectivity index (χ1) is 13.7. The van der Waals surface area contributed by atoms with Gasteiger partial charge in [0.15, 0.2) is 9.84 Å². The van der Waals surface area contributed by atoms with Crippen molar-refractivity contribution in [2.24, 2.45) is 5.92 Å². The minimum atomic E-state index is -3.53. The largest absolute Gasteiger partial charge is 0.444 e. The van der Waals surface area contributed by atoms with Gasteiger partial charge >= 0.3 is 6.09 Å². The van der Waals surface area contributed by atoms with Gasteiger partial charge in [0, 0.05) is 37.8 Å². The average Bonchev–Trinajstić information content (AvgIpc) is 2.49. The van der Waals surface area contributed by atoms with E-state index in [1.54, 1.807) is 45.0 Å². The molecule has 0 atom stereocenters. The van der Waals surface area contributed by atoms with Gasteiger partial charge in [-0.15, -0.1) is 0 Å². The third kappa shape index (κ3) is 5.44. The number of rotatable bonds is 6. The normalized spacial score (nSPS) is 18.7. The topological polar surface area (TPSA) is 110 Å². The number of nitrogens with zero attached hydrogens (tertiary/aromatic N) is 2. The summed E-state index contributed by atoms with van der Waals surface area (Å²) in [5, 5.41) is -0.641. The van der Waals surface area contributed by atoms with Crippen molar-refractivity contribution in [3.05, 3.63) is 24.3 Å². The molecule has 2 heterocycles. The highest BCUT2D eigenvalue weighted by Gasteiger charge is 2.42. The summed E-state index contributed by atoms with van der Waals surface area (Å²) in [4.78, 5) is 15.6. The second kappa shape index (κ2) is 8.01. The number of ether oxygens (including phenoxy) is 1. The van der Waals surface area contributed by atoms with Gasteiger partial charge in [0.1, 0.15) is 10.9 Å². The number of carbonyl (C=O) groups is 1. The molecule has 9 nitrogen and oxygen atoms in total. The van der Waals surface area contributed by atoms with Gasteiger partial charge in [-0.05, 0) is 45.0 Å². The van der Waals surface area contributed by atoms with Crippen LogP contribution in [0.5, 0.6) is 0 Å². The molecule has 1 amide bonds. The van der Waals surface area contributed by atoms with Gasteiger partial charge in [-0.3, -0.25) is 4.18 Å². The number of amides is 1. The molecule has 30 heavy (non-hydrogen) atoms. The predicted octanol–water partition coefficient (Wildman–Crippen LogP) is 1.49. The lowest BCUT2D eigenvalue weighted by Gasteiger charge is -2.41. The van der Waals surface area contributed by atoms with Crippen LogP contribution in [-0.2, 0) is 28.9 Å². The number of anilines is 1. The van der Waals surface area contributed by atoms with Crippen molar-refractivity contribution in [1.82, 2.24) is 4.90 Å². The van der Waals surface area contributed by atoms with E-state index in [9.17, 15) is 21.6 Å². The summed E-state index contributed by atoms with van der Waals surface area (Å²) >= 11 is 0. The van der Waals surface area contributed by atoms with Gasteiger partial charge in [0.25, 0.3) is 10.1 Å². The molecule has 0 saturated carbocycles. The molecule has 0 bridgehead atoms. The first-order valence-corrected chi connectivity index (χ1v) is 13.0. The van der Waals surface area contributed by atoms with E-state index in [1.807, 2.05) is 4.90 Å². The van der Waals surface area contributed by atoms with Crippen molar-refractivity contribution in [3.63, 3.8) is 0 Å². The first-order valence-electron chi connectivity index (χ1n) is 9.66. The van der Waals surface area contributed by atoms with Crippen LogP contribution in [0.25, 0.3) is 0 Å². The lowest BCUT2D eigenvalue weighted by atomic mass is 10.0. The number of hydrogen-bond donors (Lipinski definition) is 0. The Balaban J connectivity index is 1.52. The summed E-state index contributed by atoms with van der Waals surface area (Å²) in [6, 6.07) is 6.62. The molecule has 2 saturated heterocycles. The Bertz CT molecular complexity index is 986. The third-order valence-electron chi connectivity index (χ3n) is 4.94. The summed E-state index contributed by atoms with van der Waals surface area (Å²) in [6.07, 6.45) is 0.522. The third-order valence-corrected chi connectivity index (χ3v) is 7.61. The highest BCUT2D eigenvalue weighted by Crippen LogP contribution is 2.29. The standard InChI is InChI=1S/C19H28N2O7S2/c1-19(2,3)28-18(22)21-11-17(12-21)30(25,26)16-7-5-15(6-8-16)20-9-14(10-20)13-27-29(4,23)24/h5-8,14,17H,9-13H2,1-4H3. The Morgan fingerprint density at radius 1 is 1.03 bits per heavy atom. The van der Waals surface area contributed by atoms with E-state index < -0.39 is 36.9 Å². The van der Waals surface area contributed by atoms with E-state index in [1.165, 1.54) is 4.90 Å². The van der Waals surface area contributed by atoms with Crippen LogP contribution in [-0.4, -0.2) is 77.7 Å². The summed E-state index contributed by atoms with van der Waals surface area (Å²) in [5.74, 6) is 0.122. The van der Waals surface area contributed by atoms with Crippen molar-refractivity contribution in [3.8, 4) is 0 Å². The van der Waals surface area contributed by atoms with Crippen LogP contribution >= 0.6 is 0 Å². The number of sulfone groups is 1. The van der Waals surface area contributed by atoms with Crippen LogP contribution < -0.4 is 4.90 Å². The first kappa shape index (κ1) is 22.8. The second-order valence-electron chi connectivity index (χ2n) is 8.81. The molecule has 0 aliphatic carbocycles. The molecule has 11 heteroatoms. The maximum atomic E-state index is 12.8. The fourth-order valence-electron chi connectivity index (χ4n) is 3.25. The van der Waals surface area contributed by atoms with Gasteiger partial charge in [-0.25, -0.2) is 13.2 Å². The molecule has 2 aliphatic rings. The summed E-state index contributed by atoms with van der Waals surface area (Å²) in [7, 11) is -6.97. The second-order valence-corrected chi connectivity index (χ2v) is 12.7. The highest BCUT2D eigenvalue weighted by atomic mass is 32.2. The SMILES string of the molecule is CC(C)(C)OC(=O)N1CC(S(=O)(=O)c2ccc(N3CC(COS(C)(=O)=O)C3)cc2)C1. The van der Waals surface area contributed by atoms with Crippen LogP contribution in [0, 0.1) is 5.92 Å². The monoisotopic (exact) mass is 460 g/mol. The lowest BCUT2D eigenvalue weighted by Crippen LogP contribution is -2.57. The van der Waals surface area contributed by atoms with E-state index in [-0.39, 0.29) is 30.5 Å². The van der Waals surface area contributed by atoms with Crippen LogP contribution in [0.4, 0.5) is 10.5 Å². The van der Waals surface area contributed by atoms with Crippen molar-refractivity contribution < 1.29 is 30.6 Å². The van der Waals surface area contributed by atoms with Gasteiger partial charge in [-0.1, -0.05) is 0 Å². The maximum Gasteiger partial charge on any atom is 0.410 e. The molecule has 0 radical (unpaired) electrons. The van der Waals surface area contributed by atoms with E-state index in [2.05, 4.69) is 0 Å². The smallest absolute Gasteiger partial charge is 0.410 e. The molecule has 0 spiro atoms. The van der Waals surface area contributed by atoms with Crippen molar-refractivity contribution in [1.29, 1.82) is 0 Å². The number of carbonyl (C=O) groups excluding carboxylic acids is 1. The van der Waals surface area contributed by atoms with Crippen molar-refractivity contribution in [2.45, 2.75) is 36.5 Å². The number of hydrogen-bond acceptors (Lipinski definition) is 8. The molecule has 2 fully saturated rings. The molecule has 0 unspecified atom stereocenters. The zero-order valence-electron chi connectivity index (χ0n) is 17.6. The van der Waals surface area contributed by atoms with E-state index >= 15 is 0 Å². The Hall–Kier alpha value is -1.85. The van der Waals surface area contributed by atoms with Gasteiger partial charge in [0.2, 0.25) is 0 Å². The minimum absolute atomic E-state index is 0.118. The molecule has 0 N–H and O–H groups in total. The maximum absolute atomic E-state index is 12.8. The Labute approximate surface area is 178 Å². The Morgan fingerprint density at radius 3 is 2.10 bits per heavy atom. The molecule has 168 valence electrons. The fraction of sp³-hybridized carbons (Fsp3) is 0.632. The zero-order chi connectivity index (χ0) is 22.3. The van der Waals surface area contributed by atoms with E-state index in [4.69, 9.17) is 8.92 Å². The van der Waals surface area contributed by atoms with Crippen molar-refractivity contribution >= 4 is 31.7 Å². The van der Waals surface area contributed by atoms with Gasteiger partial charge in [-0.2, -0.15) is 8.42 Å². The van der Waals surface area contributed by atoms with Gasteiger partial charge < -0.3 is 14.5 Å².